The number of anilines is 1. The SMILES string of the molecule is COCCSc1nnc(NC(=O)CSCc2ccc(Cl)c(Cl)c2)s1. The van der Waals surface area contributed by atoms with E-state index in [0.29, 0.717) is 33.3 Å². The fourth-order valence-corrected chi connectivity index (χ4v) is 4.41. The maximum Gasteiger partial charge on any atom is 0.236 e. The standard InChI is InChI=1S/C14H15Cl2N3O2S3/c1-21-4-5-23-14-19-18-13(24-14)17-12(20)8-22-7-9-2-3-10(15)11(16)6-9/h2-3,6H,4-5,7-8H2,1H3,(H,17,18,20). The second kappa shape index (κ2) is 10.5. The Bertz CT molecular complexity index is 685. The van der Waals surface area contributed by atoms with Crippen LogP contribution in [0.3, 0.4) is 0 Å². The molecule has 1 aromatic heterocycles. The molecule has 0 unspecified atom stereocenters. The normalized spacial score (nSPS) is 10.8. The predicted molar refractivity (Wildman–Crippen MR) is 104 cm³/mol. The van der Waals surface area contributed by atoms with Crippen molar-refractivity contribution in [1.29, 1.82) is 0 Å². The summed E-state index contributed by atoms with van der Waals surface area (Å²) in [5, 5.41) is 12.3. The molecule has 5 nitrogen and oxygen atoms in total. The van der Waals surface area contributed by atoms with Gasteiger partial charge in [0.25, 0.3) is 0 Å². The number of amides is 1. The molecule has 1 heterocycles. The zero-order valence-corrected chi connectivity index (χ0v) is 16.7. The van der Waals surface area contributed by atoms with E-state index in [2.05, 4.69) is 15.5 Å². The highest BCUT2D eigenvalue weighted by Crippen LogP contribution is 2.26. The smallest absolute Gasteiger partial charge is 0.236 e. The summed E-state index contributed by atoms with van der Waals surface area (Å²) in [6, 6.07) is 5.46. The molecule has 0 aliphatic rings. The van der Waals surface area contributed by atoms with Gasteiger partial charge in [-0.1, -0.05) is 52.4 Å². The minimum absolute atomic E-state index is 0.107. The molecule has 0 aliphatic heterocycles. The number of hydrogen-bond donors (Lipinski definition) is 1. The number of nitrogens with zero attached hydrogens (tertiary/aromatic N) is 2. The van der Waals surface area contributed by atoms with Crippen molar-refractivity contribution < 1.29 is 9.53 Å². The Kier molecular flexibility index (Phi) is 8.65. The van der Waals surface area contributed by atoms with Crippen molar-refractivity contribution in [3.8, 4) is 0 Å². The lowest BCUT2D eigenvalue weighted by Crippen LogP contribution is -2.13. The molecular weight excluding hydrogens is 409 g/mol. The van der Waals surface area contributed by atoms with Gasteiger partial charge >= 0.3 is 0 Å². The molecule has 2 aromatic rings. The van der Waals surface area contributed by atoms with Crippen LogP contribution in [0, 0.1) is 0 Å². The van der Waals surface area contributed by atoms with Crippen LogP contribution in [-0.2, 0) is 15.3 Å². The number of halogens is 2. The molecule has 0 fully saturated rings. The van der Waals surface area contributed by atoms with Crippen LogP contribution in [-0.4, -0.2) is 41.3 Å². The Morgan fingerprint density at radius 1 is 1.33 bits per heavy atom. The van der Waals surface area contributed by atoms with E-state index in [1.54, 1.807) is 24.9 Å². The Morgan fingerprint density at radius 2 is 2.17 bits per heavy atom. The van der Waals surface area contributed by atoms with Crippen LogP contribution in [0.2, 0.25) is 10.0 Å². The average molecular weight is 424 g/mol. The van der Waals surface area contributed by atoms with Crippen LogP contribution in [0.25, 0.3) is 0 Å². The van der Waals surface area contributed by atoms with Crippen LogP contribution >= 0.6 is 58.1 Å². The highest BCUT2D eigenvalue weighted by Gasteiger charge is 2.09. The summed E-state index contributed by atoms with van der Waals surface area (Å²) >= 11 is 16.2. The van der Waals surface area contributed by atoms with Gasteiger partial charge < -0.3 is 4.74 Å². The van der Waals surface area contributed by atoms with Gasteiger partial charge in [0.1, 0.15) is 0 Å². The van der Waals surface area contributed by atoms with Crippen LogP contribution in [0.4, 0.5) is 5.13 Å². The highest BCUT2D eigenvalue weighted by atomic mass is 35.5. The number of rotatable bonds is 9. The molecule has 0 saturated heterocycles. The number of thioether (sulfide) groups is 2. The number of carbonyl (C=O) groups excluding carboxylic acids is 1. The minimum atomic E-state index is -0.107. The van der Waals surface area contributed by atoms with Gasteiger partial charge in [-0.25, -0.2) is 0 Å². The number of aromatic nitrogens is 2. The summed E-state index contributed by atoms with van der Waals surface area (Å²) in [6.07, 6.45) is 0. The van der Waals surface area contributed by atoms with Crippen molar-refractivity contribution in [3.63, 3.8) is 0 Å². The van der Waals surface area contributed by atoms with Gasteiger partial charge in [0.05, 0.1) is 22.4 Å². The number of hydrogen-bond acceptors (Lipinski definition) is 7. The zero-order valence-electron chi connectivity index (χ0n) is 12.8. The van der Waals surface area contributed by atoms with Crippen LogP contribution in [0.5, 0.6) is 0 Å². The zero-order chi connectivity index (χ0) is 17.4. The maximum atomic E-state index is 11.9. The topological polar surface area (TPSA) is 64.1 Å². The van der Waals surface area contributed by atoms with Crippen molar-refractivity contribution >= 4 is 69.1 Å². The molecule has 10 heteroatoms. The summed E-state index contributed by atoms with van der Waals surface area (Å²) < 4.78 is 5.79. The maximum absolute atomic E-state index is 11.9. The molecule has 24 heavy (non-hydrogen) atoms. The lowest BCUT2D eigenvalue weighted by Gasteiger charge is -2.03. The van der Waals surface area contributed by atoms with E-state index in [1.165, 1.54) is 23.1 Å². The van der Waals surface area contributed by atoms with E-state index < -0.39 is 0 Å². The van der Waals surface area contributed by atoms with Gasteiger partial charge in [-0.3, -0.25) is 10.1 Å². The quantitative estimate of drug-likeness (QED) is 0.364. The van der Waals surface area contributed by atoms with Crippen molar-refractivity contribution in [1.82, 2.24) is 10.2 Å². The molecule has 0 aliphatic carbocycles. The van der Waals surface area contributed by atoms with Crippen molar-refractivity contribution in [2.24, 2.45) is 0 Å². The van der Waals surface area contributed by atoms with Crippen LogP contribution in [0.15, 0.2) is 22.5 Å². The predicted octanol–water partition coefficient (Wildman–Crippen LogP) is 4.46. The Hall–Kier alpha value is -0.510. The fourth-order valence-electron chi connectivity index (χ4n) is 1.58. The monoisotopic (exact) mass is 423 g/mol. The fraction of sp³-hybridized carbons (Fsp3) is 0.357. The molecule has 0 radical (unpaired) electrons. The summed E-state index contributed by atoms with van der Waals surface area (Å²) in [4.78, 5) is 11.9. The van der Waals surface area contributed by atoms with Crippen molar-refractivity contribution in [2.75, 3.05) is 30.5 Å². The van der Waals surface area contributed by atoms with Gasteiger partial charge in [-0.2, -0.15) is 0 Å². The first-order chi connectivity index (χ1) is 11.6. The van der Waals surface area contributed by atoms with Gasteiger partial charge in [-0.15, -0.1) is 22.0 Å². The van der Waals surface area contributed by atoms with E-state index in [9.17, 15) is 4.79 Å². The molecule has 130 valence electrons. The number of ether oxygens (including phenoxy) is 1. The molecule has 2 rings (SSSR count). The summed E-state index contributed by atoms with van der Waals surface area (Å²) in [7, 11) is 1.65. The third kappa shape index (κ3) is 6.78. The van der Waals surface area contributed by atoms with Crippen LogP contribution < -0.4 is 5.32 Å². The largest absolute Gasteiger partial charge is 0.384 e. The first-order valence-electron chi connectivity index (χ1n) is 6.85. The molecule has 1 N–H and O–H groups in total. The lowest BCUT2D eigenvalue weighted by molar-refractivity contribution is -0.113. The summed E-state index contributed by atoms with van der Waals surface area (Å²) in [6.45, 7) is 0.650. The van der Waals surface area contributed by atoms with E-state index >= 15 is 0 Å². The van der Waals surface area contributed by atoms with E-state index in [1.807, 2.05) is 12.1 Å². The minimum Gasteiger partial charge on any atom is -0.384 e. The van der Waals surface area contributed by atoms with Gasteiger partial charge in [0, 0.05) is 18.6 Å². The number of carbonyl (C=O) groups is 1. The lowest BCUT2D eigenvalue weighted by atomic mass is 10.2. The van der Waals surface area contributed by atoms with E-state index in [4.69, 9.17) is 27.9 Å². The second-order valence-corrected chi connectivity index (χ2v) is 8.62. The molecule has 1 aromatic carbocycles. The molecular formula is C14H15Cl2N3O2S3. The Balaban J connectivity index is 1.72. The number of nitrogens with one attached hydrogen (secondary N) is 1. The molecule has 1 amide bonds. The molecule has 0 atom stereocenters. The van der Waals surface area contributed by atoms with Gasteiger partial charge in [-0.05, 0) is 17.7 Å². The van der Waals surface area contributed by atoms with Crippen molar-refractivity contribution in [3.05, 3.63) is 33.8 Å². The summed E-state index contributed by atoms with van der Waals surface area (Å²) in [5.74, 6) is 1.70. The van der Waals surface area contributed by atoms with Gasteiger partial charge in [0.15, 0.2) is 4.34 Å². The Labute approximate surface area is 162 Å². The molecule has 0 spiro atoms. The second-order valence-electron chi connectivity index (χ2n) is 4.50. The third-order valence-corrected chi connectivity index (χ3v) is 6.33. The van der Waals surface area contributed by atoms with Crippen molar-refractivity contribution in [2.45, 2.75) is 10.1 Å². The van der Waals surface area contributed by atoms with E-state index in [-0.39, 0.29) is 5.91 Å². The Morgan fingerprint density at radius 3 is 2.92 bits per heavy atom. The van der Waals surface area contributed by atoms with E-state index in [0.717, 1.165) is 15.7 Å². The summed E-state index contributed by atoms with van der Waals surface area (Å²) in [5.41, 5.74) is 1.02. The molecule has 0 bridgehead atoms. The first kappa shape index (κ1) is 19.8. The molecule has 0 saturated carbocycles. The van der Waals surface area contributed by atoms with Crippen LogP contribution in [0.1, 0.15) is 5.56 Å². The average Bonchev–Trinajstić information content (AvgIpc) is 2.98. The first-order valence-corrected chi connectivity index (χ1v) is 10.6. The number of methoxy groups -OCH3 is 1. The number of benzene rings is 1. The third-order valence-electron chi connectivity index (χ3n) is 2.65. The highest BCUT2D eigenvalue weighted by molar-refractivity contribution is 8.01. The van der Waals surface area contributed by atoms with Gasteiger partial charge in [0.2, 0.25) is 11.0 Å².